The SMILES string of the molecule is C=C[C](C)c1ccc(CCC)c(C#N)c1. The number of allylic oxidation sites excluding steroid dienone is 1. The molecule has 0 saturated carbocycles. The summed E-state index contributed by atoms with van der Waals surface area (Å²) in [5.74, 6) is 1.11. The van der Waals surface area contributed by atoms with Gasteiger partial charge in [-0.05, 0) is 23.6 Å². The van der Waals surface area contributed by atoms with Crippen LogP contribution in [-0.2, 0) is 6.42 Å². The Kier molecular flexibility index (Phi) is 4.12. The summed E-state index contributed by atoms with van der Waals surface area (Å²) in [4.78, 5) is 0. The van der Waals surface area contributed by atoms with Crippen LogP contribution in [0.3, 0.4) is 0 Å². The minimum atomic E-state index is 0.788. The molecular weight excluding hydrogens is 182 g/mol. The maximum Gasteiger partial charge on any atom is 0.0994 e. The van der Waals surface area contributed by atoms with E-state index in [1.165, 1.54) is 0 Å². The second-order valence-electron chi connectivity index (χ2n) is 3.62. The van der Waals surface area contributed by atoms with Crippen LogP contribution in [0.1, 0.15) is 37.0 Å². The lowest BCUT2D eigenvalue weighted by molar-refractivity contribution is 0.917. The van der Waals surface area contributed by atoms with E-state index in [1.807, 2.05) is 25.1 Å². The molecule has 0 spiro atoms. The summed E-state index contributed by atoms with van der Waals surface area (Å²) in [6.45, 7) is 7.86. The average Bonchev–Trinajstić information content (AvgIpc) is 2.29. The predicted molar refractivity (Wildman–Crippen MR) is 63.4 cm³/mol. The first-order valence-electron chi connectivity index (χ1n) is 5.22. The summed E-state index contributed by atoms with van der Waals surface area (Å²) in [5, 5.41) is 9.04. The second kappa shape index (κ2) is 5.36. The highest BCUT2D eigenvalue weighted by atomic mass is 14.2. The highest BCUT2D eigenvalue weighted by molar-refractivity contribution is 5.46. The van der Waals surface area contributed by atoms with Crippen molar-refractivity contribution in [2.24, 2.45) is 0 Å². The smallest absolute Gasteiger partial charge is 0.0994 e. The summed E-state index contributed by atoms with van der Waals surface area (Å²) in [6.07, 6.45) is 3.85. The Balaban J connectivity index is 3.08. The molecule has 1 rings (SSSR count). The molecule has 77 valence electrons. The van der Waals surface area contributed by atoms with Crippen molar-refractivity contribution >= 4 is 0 Å². The quantitative estimate of drug-likeness (QED) is 0.724. The van der Waals surface area contributed by atoms with Crippen LogP contribution in [-0.4, -0.2) is 0 Å². The third kappa shape index (κ3) is 2.70. The van der Waals surface area contributed by atoms with Crippen LogP contribution >= 0.6 is 0 Å². The maximum absolute atomic E-state index is 9.04. The molecule has 15 heavy (non-hydrogen) atoms. The molecule has 1 aromatic carbocycles. The molecule has 1 heteroatoms. The van der Waals surface area contributed by atoms with Crippen LogP contribution in [0.15, 0.2) is 30.9 Å². The number of nitrogens with zero attached hydrogens (tertiary/aromatic N) is 1. The lowest BCUT2D eigenvalue weighted by atomic mass is 9.95. The first-order chi connectivity index (χ1) is 7.22. The molecule has 0 saturated heterocycles. The number of rotatable bonds is 4. The Morgan fingerprint density at radius 2 is 2.27 bits per heavy atom. The largest absolute Gasteiger partial charge is 0.192 e. The normalized spacial score (nSPS) is 10.0. The number of hydrogen-bond acceptors (Lipinski definition) is 1. The Bertz CT molecular complexity index is 385. The van der Waals surface area contributed by atoms with Crippen molar-refractivity contribution < 1.29 is 0 Å². The van der Waals surface area contributed by atoms with Gasteiger partial charge in [0.05, 0.1) is 11.6 Å². The summed E-state index contributed by atoms with van der Waals surface area (Å²) in [5.41, 5.74) is 3.01. The zero-order chi connectivity index (χ0) is 11.3. The molecule has 0 bridgehead atoms. The van der Waals surface area contributed by atoms with Crippen molar-refractivity contribution in [3.8, 4) is 6.07 Å². The molecule has 0 unspecified atom stereocenters. The number of hydrogen-bond donors (Lipinski definition) is 0. The van der Waals surface area contributed by atoms with Gasteiger partial charge in [0.2, 0.25) is 0 Å². The van der Waals surface area contributed by atoms with Gasteiger partial charge in [-0.1, -0.05) is 38.5 Å². The van der Waals surface area contributed by atoms with E-state index < -0.39 is 0 Å². The number of aryl methyl sites for hydroxylation is 1. The zero-order valence-corrected chi connectivity index (χ0v) is 9.38. The minimum absolute atomic E-state index is 0.788. The van der Waals surface area contributed by atoms with Crippen LogP contribution in [0.5, 0.6) is 0 Å². The van der Waals surface area contributed by atoms with E-state index >= 15 is 0 Å². The standard InChI is InChI=1S/C14H16N/c1-4-6-12-7-8-13(11(3)5-2)9-14(12)10-15/h5,7-9H,2,4,6H2,1,3H3. The topological polar surface area (TPSA) is 23.8 Å². The van der Waals surface area contributed by atoms with Crippen LogP contribution in [0, 0.1) is 17.2 Å². The Hall–Kier alpha value is -1.55. The molecular formula is C14H16N. The molecule has 0 N–H and O–H groups in total. The molecule has 1 radical (unpaired) electrons. The molecule has 0 atom stereocenters. The van der Waals surface area contributed by atoms with Gasteiger partial charge in [-0.3, -0.25) is 0 Å². The molecule has 0 aliphatic rings. The van der Waals surface area contributed by atoms with Crippen LogP contribution < -0.4 is 0 Å². The van der Waals surface area contributed by atoms with E-state index in [0.29, 0.717) is 0 Å². The lowest BCUT2D eigenvalue weighted by Crippen LogP contribution is -1.95. The number of benzene rings is 1. The van der Waals surface area contributed by atoms with Gasteiger partial charge in [-0.25, -0.2) is 0 Å². The first-order valence-corrected chi connectivity index (χ1v) is 5.22. The summed E-state index contributed by atoms with van der Waals surface area (Å²) in [6, 6.07) is 8.30. The van der Waals surface area contributed by atoms with Crippen LogP contribution in [0.25, 0.3) is 0 Å². The van der Waals surface area contributed by atoms with Gasteiger partial charge < -0.3 is 0 Å². The van der Waals surface area contributed by atoms with Gasteiger partial charge in [0, 0.05) is 5.92 Å². The molecule has 0 fully saturated rings. The van der Waals surface area contributed by atoms with Gasteiger partial charge in [-0.2, -0.15) is 5.26 Å². The van der Waals surface area contributed by atoms with Gasteiger partial charge in [0.15, 0.2) is 0 Å². The molecule has 0 aromatic heterocycles. The van der Waals surface area contributed by atoms with Crippen molar-refractivity contribution in [2.45, 2.75) is 26.7 Å². The highest BCUT2D eigenvalue weighted by Crippen LogP contribution is 2.19. The molecule has 0 aliphatic heterocycles. The zero-order valence-electron chi connectivity index (χ0n) is 9.38. The summed E-state index contributed by atoms with van der Waals surface area (Å²) < 4.78 is 0. The fourth-order valence-corrected chi connectivity index (χ4v) is 1.53. The third-order valence-corrected chi connectivity index (χ3v) is 2.51. The second-order valence-corrected chi connectivity index (χ2v) is 3.62. The van der Waals surface area contributed by atoms with Crippen molar-refractivity contribution in [3.05, 3.63) is 53.5 Å². The Labute approximate surface area is 92.1 Å². The van der Waals surface area contributed by atoms with E-state index in [2.05, 4.69) is 25.6 Å². The van der Waals surface area contributed by atoms with Gasteiger partial charge in [0.25, 0.3) is 0 Å². The average molecular weight is 198 g/mol. The molecule has 0 heterocycles. The Morgan fingerprint density at radius 3 is 2.80 bits per heavy atom. The molecule has 1 nitrogen and oxygen atoms in total. The van der Waals surface area contributed by atoms with Crippen molar-refractivity contribution in [3.63, 3.8) is 0 Å². The first kappa shape index (κ1) is 11.5. The highest BCUT2D eigenvalue weighted by Gasteiger charge is 2.06. The molecule has 1 aromatic rings. The van der Waals surface area contributed by atoms with Crippen LogP contribution in [0.2, 0.25) is 0 Å². The third-order valence-electron chi connectivity index (χ3n) is 2.51. The van der Waals surface area contributed by atoms with Crippen molar-refractivity contribution in [1.82, 2.24) is 0 Å². The molecule has 0 aliphatic carbocycles. The van der Waals surface area contributed by atoms with Crippen molar-refractivity contribution in [2.75, 3.05) is 0 Å². The predicted octanol–water partition coefficient (Wildman–Crippen LogP) is 3.64. The monoisotopic (exact) mass is 198 g/mol. The summed E-state index contributed by atoms with van der Waals surface area (Å²) >= 11 is 0. The summed E-state index contributed by atoms with van der Waals surface area (Å²) in [7, 11) is 0. The molecule has 0 amide bonds. The number of nitriles is 1. The van der Waals surface area contributed by atoms with E-state index in [4.69, 9.17) is 5.26 Å². The van der Waals surface area contributed by atoms with Gasteiger partial charge in [-0.15, -0.1) is 6.58 Å². The fraction of sp³-hybridized carbons (Fsp3) is 0.286. The lowest BCUT2D eigenvalue weighted by Gasteiger charge is -2.08. The fourth-order valence-electron chi connectivity index (χ4n) is 1.53. The van der Waals surface area contributed by atoms with Crippen LogP contribution in [0.4, 0.5) is 0 Å². The van der Waals surface area contributed by atoms with E-state index in [9.17, 15) is 0 Å². The minimum Gasteiger partial charge on any atom is -0.192 e. The van der Waals surface area contributed by atoms with E-state index in [1.54, 1.807) is 0 Å². The van der Waals surface area contributed by atoms with E-state index in [-0.39, 0.29) is 0 Å². The van der Waals surface area contributed by atoms with Crippen molar-refractivity contribution in [1.29, 1.82) is 5.26 Å². The van der Waals surface area contributed by atoms with Gasteiger partial charge in [0.1, 0.15) is 0 Å². The Morgan fingerprint density at radius 1 is 1.53 bits per heavy atom. The van der Waals surface area contributed by atoms with Gasteiger partial charge >= 0.3 is 0 Å². The van der Waals surface area contributed by atoms with E-state index in [0.717, 1.165) is 35.4 Å². The maximum atomic E-state index is 9.04.